The predicted octanol–water partition coefficient (Wildman–Crippen LogP) is 3.01. The number of benzene rings is 1. The van der Waals surface area contributed by atoms with Crippen molar-refractivity contribution in [3.8, 4) is 11.3 Å². The molecule has 0 amide bonds. The highest BCUT2D eigenvalue weighted by molar-refractivity contribution is 9.10. The van der Waals surface area contributed by atoms with Crippen LogP contribution in [0.4, 0.5) is 0 Å². The minimum Gasteiger partial charge on any atom is -0.313 e. The van der Waals surface area contributed by atoms with Crippen molar-refractivity contribution in [2.75, 3.05) is 6.54 Å². The molecule has 0 saturated heterocycles. The van der Waals surface area contributed by atoms with Gasteiger partial charge in [0, 0.05) is 24.2 Å². The summed E-state index contributed by atoms with van der Waals surface area (Å²) < 4.78 is 2.47. The molecule has 1 aromatic heterocycles. The summed E-state index contributed by atoms with van der Waals surface area (Å²) in [5.74, 6) is 0. The van der Waals surface area contributed by atoms with Crippen LogP contribution in [-0.4, -0.2) is 21.5 Å². The standard InChI is InChI=1S/C12H14BrClN4/c1-3-15-7-8-4-5-9(14)6-10(8)11-12(13)16-17-18(11)2/h4-6,15H,3,7H2,1-2H3. The van der Waals surface area contributed by atoms with Gasteiger partial charge in [-0.15, -0.1) is 5.10 Å². The van der Waals surface area contributed by atoms with E-state index in [1.54, 1.807) is 4.68 Å². The summed E-state index contributed by atoms with van der Waals surface area (Å²) in [4.78, 5) is 0. The molecular formula is C12H14BrClN4. The van der Waals surface area contributed by atoms with Crippen LogP contribution in [0.2, 0.25) is 5.02 Å². The third kappa shape index (κ3) is 2.74. The van der Waals surface area contributed by atoms with E-state index in [1.807, 2.05) is 25.2 Å². The molecule has 1 heterocycles. The first-order valence-electron chi connectivity index (χ1n) is 5.68. The first-order chi connectivity index (χ1) is 8.63. The molecule has 2 aromatic rings. The Bertz CT molecular complexity index is 534. The Morgan fingerprint density at radius 2 is 2.22 bits per heavy atom. The second kappa shape index (κ2) is 5.82. The highest BCUT2D eigenvalue weighted by Crippen LogP contribution is 2.30. The molecule has 18 heavy (non-hydrogen) atoms. The van der Waals surface area contributed by atoms with Gasteiger partial charge in [0.15, 0.2) is 4.60 Å². The van der Waals surface area contributed by atoms with Crippen molar-refractivity contribution in [2.45, 2.75) is 13.5 Å². The Balaban J connectivity index is 2.51. The van der Waals surface area contributed by atoms with Gasteiger partial charge in [-0.2, -0.15) is 0 Å². The minimum atomic E-state index is 0.707. The lowest BCUT2D eigenvalue weighted by Crippen LogP contribution is -2.13. The van der Waals surface area contributed by atoms with Crippen molar-refractivity contribution in [3.63, 3.8) is 0 Å². The van der Waals surface area contributed by atoms with Gasteiger partial charge in [-0.05, 0) is 40.2 Å². The molecule has 0 atom stereocenters. The normalized spacial score (nSPS) is 10.9. The van der Waals surface area contributed by atoms with E-state index in [-0.39, 0.29) is 0 Å². The lowest BCUT2D eigenvalue weighted by atomic mass is 10.0. The van der Waals surface area contributed by atoms with E-state index in [2.05, 4.69) is 38.5 Å². The molecule has 1 N–H and O–H groups in total. The fourth-order valence-corrected chi connectivity index (χ4v) is 2.51. The summed E-state index contributed by atoms with van der Waals surface area (Å²) in [6.07, 6.45) is 0. The first kappa shape index (κ1) is 13.5. The molecule has 0 unspecified atom stereocenters. The second-order valence-electron chi connectivity index (χ2n) is 3.93. The lowest BCUT2D eigenvalue weighted by Gasteiger charge is -2.11. The molecule has 0 radical (unpaired) electrons. The van der Waals surface area contributed by atoms with Crippen LogP contribution in [-0.2, 0) is 13.6 Å². The quantitative estimate of drug-likeness (QED) is 0.937. The summed E-state index contributed by atoms with van der Waals surface area (Å²) >= 11 is 9.51. The van der Waals surface area contributed by atoms with Crippen molar-refractivity contribution >= 4 is 27.5 Å². The Hall–Kier alpha value is -0.910. The Morgan fingerprint density at radius 3 is 2.83 bits per heavy atom. The molecule has 0 aliphatic heterocycles. The van der Waals surface area contributed by atoms with Crippen LogP contribution >= 0.6 is 27.5 Å². The van der Waals surface area contributed by atoms with Crippen molar-refractivity contribution in [3.05, 3.63) is 33.4 Å². The third-order valence-corrected chi connectivity index (χ3v) is 3.45. The van der Waals surface area contributed by atoms with Crippen LogP contribution in [0.1, 0.15) is 12.5 Å². The third-order valence-electron chi connectivity index (χ3n) is 2.68. The zero-order chi connectivity index (χ0) is 13.1. The number of hydrogen-bond donors (Lipinski definition) is 1. The summed E-state index contributed by atoms with van der Waals surface area (Å²) in [7, 11) is 1.87. The lowest BCUT2D eigenvalue weighted by molar-refractivity contribution is 0.712. The predicted molar refractivity (Wildman–Crippen MR) is 76.5 cm³/mol. The molecule has 0 bridgehead atoms. The van der Waals surface area contributed by atoms with Gasteiger partial charge in [-0.3, -0.25) is 0 Å². The highest BCUT2D eigenvalue weighted by Gasteiger charge is 2.14. The molecule has 96 valence electrons. The van der Waals surface area contributed by atoms with Gasteiger partial charge in [-0.25, -0.2) is 4.68 Å². The average molecular weight is 330 g/mol. The summed E-state index contributed by atoms with van der Waals surface area (Å²) in [6, 6.07) is 5.87. The fourth-order valence-electron chi connectivity index (χ4n) is 1.80. The first-order valence-corrected chi connectivity index (χ1v) is 6.85. The summed E-state index contributed by atoms with van der Waals surface area (Å²) in [5, 5.41) is 12.0. The molecule has 0 aliphatic carbocycles. The van der Waals surface area contributed by atoms with Crippen molar-refractivity contribution in [1.29, 1.82) is 0 Å². The van der Waals surface area contributed by atoms with E-state index in [0.29, 0.717) is 5.02 Å². The number of hydrogen-bond acceptors (Lipinski definition) is 3. The maximum Gasteiger partial charge on any atom is 0.156 e. The van der Waals surface area contributed by atoms with Crippen LogP contribution in [0.5, 0.6) is 0 Å². The van der Waals surface area contributed by atoms with Gasteiger partial charge in [0.25, 0.3) is 0 Å². The maximum atomic E-state index is 6.09. The molecular weight excluding hydrogens is 316 g/mol. The number of halogens is 2. The molecule has 4 nitrogen and oxygen atoms in total. The molecule has 2 rings (SSSR count). The Kier molecular flexibility index (Phi) is 4.37. The van der Waals surface area contributed by atoms with Gasteiger partial charge in [0.1, 0.15) is 5.69 Å². The van der Waals surface area contributed by atoms with Crippen LogP contribution < -0.4 is 5.32 Å². The van der Waals surface area contributed by atoms with Crippen LogP contribution in [0.15, 0.2) is 22.8 Å². The zero-order valence-corrected chi connectivity index (χ0v) is 12.6. The Labute approximate surface area is 119 Å². The number of aryl methyl sites for hydroxylation is 1. The second-order valence-corrected chi connectivity index (χ2v) is 5.12. The van der Waals surface area contributed by atoms with E-state index >= 15 is 0 Å². The Morgan fingerprint density at radius 1 is 1.44 bits per heavy atom. The molecule has 0 aliphatic rings. The summed E-state index contributed by atoms with van der Waals surface area (Å²) in [5.41, 5.74) is 3.15. The largest absolute Gasteiger partial charge is 0.313 e. The van der Waals surface area contributed by atoms with Gasteiger partial charge in [0.2, 0.25) is 0 Å². The van der Waals surface area contributed by atoms with Gasteiger partial charge >= 0.3 is 0 Å². The fraction of sp³-hybridized carbons (Fsp3) is 0.333. The van der Waals surface area contributed by atoms with E-state index in [9.17, 15) is 0 Å². The average Bonchev–Trinajstić information content (AvgIpc) is 2.67. The SMILES string of the molecule is CCNCc1ccc(Cl)cc1-c1c(Br)nnn1C. The van der Waals surface area contributed by atoms with Crippen molar-refractivity contribution in [1.82, 2.24) is 20.3 Å². The highest BCUT2D eigenvalue weighted by atomic mass is 79.9. The maximum absolute atomic E-state index is 6.09. The monoisotopic (exact) mass is 328 g/mol. The molecule has 0 saturated carbocycles. The molecule has 1 aromatic carbocycles. The van der Waals surface area contributed by atoms with Gasteiger partial charge in [-0.1, -0.05) is 29.8 Å². The van der Waals surface area contributed by atoms with Crippen LogP contribution in [0.3, 0.4) is 0 Å². The van der Waals surface area contributed by atoms with Gasteiger partial charge in [0.05, 0.1) is 0 Å². The van der Waals surface area contributed by atoms with Crippen molar-refractivity contribution in [2.24, 2.45) is 7.05 Å². The van der Waals surface area contributed by atoms with E-state index in [1.165, 1.54) is 5.56 Å². The minimum absolute atomic E-state index is 0.707. The molecule has 0 fully saturated rings. The number of rotatable bonds is 4. The number of aromatic nitrogens is 3. The molecule has 0 spiro atoms. The van der Waals surface area contributed by atoms with Crippen LogP contribution in [0, 0.1) is 0 Å². The van der Waals surface area contributed by atoms with Gasteiger partial charge < -0.3 is 5.32 Å². The van der Waals surface area contributed by atoms with E-state index in [4.69, 9.17) is 11.6 Å². The topological polar surface area (TPSA) is 42.7 Å². The molecule has 6 heteroatoms. The van der Waals surface area contributed by atoms with Crippen molar-refractivity contribution < 1.29 is 0 Å². The van der Waals surface area contributed by atoms with E-state index < -0.39 is 0 Å². The smallest absolute Gasteiger partial charge is 0.156 e. The number of nitrogens with zero attached hydrogens (tertiary/aromatic N) is 3. The van der Waals surface area contributed by atoms with E-state index in [0.717, 1.165) is 29.0 Å². The number of nitrogens with one attached hydrogen (secondary N) is 1. The van der Waals surface area contributed by atoms with Crippen LogP contribution in [0.25, 0.3) is 11.3 Å². The zero-order valence-electron chi connectivity index (χ0n) is 10.2. The summed E-state index contributed by atoms with van der Waals surface area (Å²) in [6.45, 7) is 3.80.